The molecule has 0 bridgehead atoms. The molecule has 1 aliphatic carbocycles. The maximum absolute atomic E-state index is 12.3. The smallest absolute Gasteiger partial charge is 0.251 e. The minimum atomic E-state index is 0.0361. The molecule has 110 valence electrons. The van der Waals surface area contributed by atoms with Crippen molar-refractivity contribution in [1.82, 2.24) is 10.3 Å². The maximum atomic E-state index is 12.3. The van der Waals surface area contributed by atoms with Crippen LogP contribution in [-0.4, -0.2) is 23.5 Å². The van der Waals surface area contributed by atoms with Gasteiger partial charge >= 0.3 is 0 Å². The number of nitrogens with zero attached hydrogens (tertiary/aromatic N) is 1. The lowest BCUT2D eigenvalue weighted by atomic mass is 9.93. The molecule has 0 radical (unpaired) electrons. The molecular weight excluding hydrogens is 250 g/mol. The summed E-state index contributed by atoms with van der Waals surface area (Å²) in [5, 5.41) is 6.37. The molecule has 2 N–H and O–H groups in total. The number of amides is 1. The van der Waals surface area contributed by atoms with Gasteiger partial charge < -0.3 is 10.6 Å². The van der Waals surface area contributed by atoms with E-state index in [1.807, 2.05) is 12.1 Å². The zero-order chi connectivity index (χ0) is 14.4. The standard InChI is InChI=1S/C16H25N3O/c1-3-6-14-10-12(11-15(18-14)17-9-4-2)16(20)19-13-7-5-8-13/h10-11,13H,3-9H2,1-2H3,(H,17,18)(H,19,20). The molecule has 1 saturated carbocycles. The van der Waals surface area contributed by atoms with Gasteiger partial charge in [0.15, 0.2) is 0 Å². The van der Waals surface area contributed by atoms with Crippen LogP contribution in [0.5, 0.6) is 0 Å². The Morgan fingerprint density at radius 3 is 2.70 bits per heavy atom. The summed E-state index contributed by atoms with van der Waals surface area (Å²) in [6.07, 6.45) is 6.44. The van der Waals surface area contributed by atoms with Gasteiger partial charge in [0.1, 0.15) is 5.82 Å². The minimum absolute atomic E-state index is 0.0361. The van der Waals surface area contributed by atoms with Crippen LogP contribution in [0.3, 0.4) is 0 Å². The van der Waals surface area contributed by atoms with Gasteiger partial charge in [-0.05, 0) is 44.2 Å². The Balaban J connectivity index is 2.11. The van der Waals surface area contributed by atoms with E-state index in [9.17, 15) is 4.79 Å². The third-order valence-corrected chi connectivity index (χ3v) is 3.64. The lowest BCUT2D eigenvalue weighted by Crippen LogP contribution is -2.39. The first-order valence-corrected chi connectivity index (χ1v) is 7.78. The molecule has 1 fully saturated rings. The van der Waals surface area contributed by atoms with Gasteiger partial charge in [-0.25, -0.2) is 4.98 Å². The second-order valence-corrected chi connectivity index (χ2v) is 5.51. The van der Waals surface area contributed by atoms with E-state index in [0.29, 0.717) is 6.04 Å². The lowest BCUT2D eigenvalue weighted by Gasteiger charge is -2.26. The molecule has 0 spiro atoms. The van der Waals surface area contributed by atoms with Gasteiger partial charge in [-0.1, -0.05) is 20.3 Å². The van der Waals surface area contributed by atoms with Crippen LogP contribution in [0.4, 0.5) is 5.82 Å². The Labute approximate surface area is 121 Å². The highest BCUT2D eigenvalue weighted by Gasteiger charge is 2.20. The first-order valence-electron chi connectivity index (χ1n) is 7.78. The first kappa shape index (κ1) is 14.8. The number of hydrogen-bond acceptors (Lipinski definition) is 3. The van der Waals surface area contributed by atoms with Crippen molar-refractivity contribution in [1.29, 1.82) is 0 Å². The van der Waals surface area contributed by atoms with Crippen LogP contribution in [0.1, 0.15) is 62.0 Å². The molecule has 1 aromatic heterocycles. The summed E-state index contributed by atoms with van der Waals surface area (Å²) in [5.41, 5.74) is 1.72. The topological polar surface area (TPSA) is 54.0 Å². The minimum Gasteiger partial charge on any atom is -0.370 e. The van der Waals surface area contributed by atoms with Crippen molar-refractivity contribution in [3.63, 3.8) is 0 Å². The number of pyridine rings is 1. The number of aromatic nitrogens is 1. The SMILES string of the molecule is CCCNc1cc(C(=O)NC2CCC2)cc(CCC)n1. The quantitative estimate of drug-likeness (QED) is 0.804. The van der Waals surface area contributed by atoms with Crippen molar-refractivity contribution in [3.05, 3.63) is 23.4 Å². The van der Waals surface area contributed by atoms with E-state index in [0.717, 1.165) is 55.7 Å². The van der Waals surface area contributed by atoms with Crippen LogP contribution < -0.4 is 10.6 Å². The fourth-order valence-corrected chi connectivity index (χ4v) is 2.27. The van der Waals surface area contributed by atoms with Gasteiger partial charge in [-0.2, -0.15) is 0 Å². The van der Waals surface area contributed by atoms with E-state index < -0.39 is 0 Å². The van der Waals surface area contributed by atoms with Gasteiger partial charge in [0.05, 0.1) is 0 Å². The molecule has 1 amide bonds. The molecule has 0 aliphatic heterocycles. The second kappa shape index (κ2) is 7.27. The highest BCUT2D eigenvalue weighted by atomic mass is 16.1. The molecule has 0 saturated heterocycles. The van der Waals surface area contributed by atoms with Crippen LogP contribution in [0.25, 0.3) is 0 Å². The van der Waals surface area contributed by atoms with Crippen molar-refractivity contribution in [2.24, 2.45) is 0 Å². The maximum Gasteiger partial charge on any atom is 0.251 e. The summed E-state index contributed by atoms with van der Waals surface area (Å²) >= 11 is 0. The predicted molar refractivity (Wildman–Crippen MR) is 82.1 cm³/mol. The molecular formula is C16H25N3O. The number of nitrogens with one attached hydrogen (secondary N) is 2. The van der Waals surface area contributed by atoms with Crippen LogP contribution in [0.2, 0.25) is 0 Å². The number of aryl methyl sites for hydroxylation is 1. The fourth-order valence-electron chi connectivity index (χ4n) is 2.27. The summed E-state index contributed by atoms with van der Waals surface area (Å²) in [5.74, 6) is 0.852. The molecule has 4 nitrogen and oxygen atoms in total. The van der Waals surface area contributed by atoms with Crippen LogP contribution in [0.15, 0.2) is 12.1 Å². The van der Waals surface area contributed by atoms with Crippen molar-refractivity contribution in [3.8, 4) is 0 Å². The molecule has 4 heteroatoms. The van der Waals surface area contributed by atoms with E-state index >= 15 is 0 Å². The number of carbonyl (C=O) groups excluding carboxylic acids is 1. The average Bonchev–Trinajstić information content (AvgIpc) is 2.40. The predicted octanol–water partition coefficient (Wildman–Crippen LogP) is 3.14. The summed E-state index contributed by atoms with van der Waals surface area (Å²) in [4.78, 5) is 16.8. The summed E-state index contributed by atoms with van der Waals surface area (Å²) in [6, 6.07) is 4.16. The lowest BCUT2D eigenvalue weighted by molar-refractivity contribution is 0.0917. The third kappa shape index (κ3) is 3.95. The number of carbonyl (C=O) groups is 1. The molecule has 0 unspecified atom stereocenters. The molecule has 1 aliphatic rings. The second-order valence-electron chi connectivity index (χ2n) is 5.51. The Morgan fingerprint density at radius 2 is 2.10 bits per heavy atom. The zero-order valence-corrected chi connectivity index (χ0v) is 12.5. The summed E-state index contributed by atoms with van der Waals surface area (Å²) < 4.78 is 0. The van der Waals surface area contributed by atoms with E-state index in [1.54, 1.807) is 0 Å². The number of hydrogen-bond donors (Lipinski definition) is 2. The van der Waals surface area contributed by atoms with E-state index in [4.69, 9.17) is 0 Å². The van der Waals surface area contributed by atoms with E-state index in [2.05, 4.69) is 29.5 Å². The summed E-state index contributed by atoms with van der Waals surface area (Å²) in [6.45, 7) is 5.13. The van der Waals surface area contributed by atoms with Crippen LogP contribution >= 0.6 is 0 Å². The Morgan fingerprint density at radius 1 is 1.30 bits per heavy atom. The molecule has 0 aromatic carbocycles. The van der Waals surface area contributed by atoms with Gasteiger partial charge in [-0.3, -0.25) is 4.79 Å². The molecule has 20 heavy (non-hydrogen) atoms. The largest absolute Gasteiger partial charge is 0.370 e. The highest BCUT2D eigenvalue weighted by molar-refractivity contribution is 5.95. The number of anilines is 1. The van der Waals surface area contributed by atoms with Gasteiger partial charge in [0.2, 0.25) is 0 Å². The van der Waals surface area contributed by atoms with Crippen LogP contribution in [0, 0.1) is 0 Å². The Bertz CT molecular complexity index is 455. The fraction of sp³-hybridized carbons (Fsp3) is 0.625. The monoisotopic (exact) mass is 275 g/mol. The third-order valence-electron chi connectivity index (χ3n) is 3.64. The van der Waals surface area contributed by atoms with Crippen molar-refractivity contribution >= 4 is 11.7 Å². The highest BCUT2D eigenvalue weighted by Crippen LogP contribution is 2.19. The molecule has 0 atom stereocenters. The van der Waals surface area contributed by atoms with E-state index in [-0.39, 0.29) is 5.91 Å². The van der Waals surface area contributed by atoms with E-state index in [1.165, 1.54) is 6.42 Å². The van der Waals surface area contributed by atoms with Crippen molar-refractivity contribution in [2.45, 2.75) is 58.4 Å². The Kier molecular flexibility index (Phi) is 5.39. The average molecular weight is 275 g/mol. The van der Waals surface area contributed by atoms with Crippen LogP contribution in [-0.2, 0) is 6.42 Å². The summed E-state index contributed by atoms with van der Waals surface area (Å²) in [7, 11) is 0. The first-order chi connectivity index (χ1) is 9.72. The molecule has 1 aromatic rings. The van der Waals surface area contributed by atoms with Gasteiger partial charge in [0.25, 0.3) is 5.91 Å². The van der Waals surface area contributed by atoms with Gasteiger partial charge in [-0.15, -0.1) is 0 Å². The zero-order valence-electron chi connectivity index (χ0n) is 12.5. The van der Waals surface area contributed by atoms with Crippen molar-refractivity contribution < 1.29 is 4.79 Å². The molecule has 2 rings (SSSR count). The Hall–Kier alpha value is -1.58. The van der Waals surface area contributed by atoms with Crippen molar-refractivity contribution in [2.75, 3.05) is 11.9 Å². The normalized spacial score (nSPS) is 14.7. The number of rotatable bonds is 7. The van der Waals surface area contributed by atoms with Gasteiger partial charge in [0, 0.05) is 23.8 Å². The molecule has 1 heterocycles.